The summed E-state index contributed by atoms with van der Waals surface area (Å²) in [5.41, 5.74) is 6.78. The van der Waals surface area contributed by atoms with Gasteiger partial charge >= 0.3 is 18.6 Å². The van der Waals surface area contributed by atoms with E-state index in [9.17, 15) is 42.6 Å². The first-order chi connectivity index (χ1) is 33.1. The Balaban J connectivity index is 0.000000226. The molecule has 374 valence electrons. The summed E-state index contributed by atoms with van der Waals surface area (Å²) >= 11 is 0. The summed E-state index contributed by atoms with van der Waals surface area (Å²) in [7, 11) is 0. The number of pyridine rings is 2. The number of likely N-dealkylation sites (tertiary alicyclic amines) is 2. The number of halogens is 3. The van der Waals surface area contributed by atoms with E-state index in [4.69, 9.17) is 19.5 Å². The van der Waals surface area contributed by atoms with E-state index in [-0.39, 0.29) is 85.6 Å². The van der Waals surface area contributed by atoms with Crippen molar-refractivity contribution in [1.29, 1.82) is 5.26 Å². The lowest BCUT2D eigenvalue weighted by Crippen LogP contribution is -2.45. The predicted octanol–water partition coefficient (Wildman–Crippen LogP) is 5.74. The van der Waals surface area contributed by atoms with Crippen molar-refractivity contribution in [1.82, 2.24) is 30.4 Å². The summed E-state index contributed by atoms with van der Waals surface area (Å²) in [6, 6.07) is 11.3. The van der Waals surface area contributed by atoms with Crippen LogP contribution in [-0.2, 0) is 22.7 Å². The van der Waals surface area contributed by atoms with Crippen LogP contribution in [0.1, 0.15) is 132 Å². The van der Waals surface area contributed by atoms with Crippen molar-refractivity contribution in [3.8, 4) is 17.6 Å². The number of hydrogen-bond acceptors (Lipinski definition) is 15. The lowest BCUT2D eigenvalue weighted by atomic mass is 9.94. The molecule has 0 bridgehead atoms. The predicted molar refractivity (Wildman–Crippen MR) is 247 cm³/mol. The van der Waals surface area contributed by atoms with Crippen molar-refractivity contribution in [2.24, 2.45) is 0 Å². The molecule has 2 aromatic heterocycles. The molecule has 4 aliphatic heterocycles. The van der Waals surface area contributed by atoms with Crippen LogP contribution >= 0.6 is 0 Å². The van der Waals surface area contributed by atoms with Crippen LogP contribution in [0.25, 0.3) is 0 Å². The van der Waals surface area contributed by atoms with E-state index in [1.54, 1.807) is 31.2 Å². The lowest BCUT2D eigenvalue weighted by Gasteiger charge is -2.33. The first-order valence-corrected chi connectivity index (χ1v) is 22.7. The molecular weight excluding hydrogens is 916 g/mol. The molecule has 0 saturated carbocycles. The normalized spacial score (nSPS) is 16.9. The fourth-order valence-electron chi connectivity index (χ4n) is 8.95. The van der Waals surface area contributed by atoms with E-state index < -0.39 is 31.4 Å². The maximum Gasteiger partial charge on any atom is 0.387 e. The fourth-order valence-corrected chi connectivity index (χ4v) is 8.95. The number of aromatic nitrogens is 2. The molecule has 17 nitrogen and oxygen atoms in total. The number of carbonyl (C=O) groups is 4. The largest absolute Gasteiger partial charge is 0.489 e. The molecule has 2 amide bonds. The Bertz CT molecular complexity index is 2600. The number of ether oxygens (including phenoxy) is 4. The molecule has 2 aromatic carbocycles. The molecule has 4 aliphatic rings. The third-order valence-electron chi connectivity index (χ3n) is 12.9. The Labute approximate surface area is 403 Å². The summed E-state index contributed by atoms with van der Waals surface area (Å²) in [4.78, 5) is 61.0. The number of β-amino-alcohol motifs (C(OH)–C–C–N with tert-alkyl or cyclic N) is 2. The van der Waals surface area contributed by atoms with E-state index in [0.29, 0.717) is 81.6 Å². The fraction of sp³-hybridized carbons (Fsp3) is 0.460. The number of amides is 2. The SMILES string of the molecule is C.Cc1c([C@@H](O)CN2CCC(NC(=O)c3cc(OCCF)c(C#N)cn3)CC2)ccc2c1COC2=O.Cc1cnc(C(=O)NC2CCN(C[C@H](O)c3ccc4c(c3C)COC4=O)CC2)cc1OC(F)F. The number of benzene rings is 2. The molecule has 8 rings (SSSR count). The Morgan fingerprint density at radius 3 is 1.69 bits per heavy atom. The zero-order chi connectivity index (χ0) is 49.4. The second-order valence-corrected chi connectivity index (χ2v) is 17.3. The van der Waals surface area contributed by atoms with Gasteiger partial charge in [-0.2, -0.15) is 14.0 Å². The minimum atomic E-state index is -2.98. The molecule has 0 unspecified atom stereocenters. The van der Waals surface area contributed by atoms with Gasteiger partial charge in [-0.1, -0.05) is 19.6 Å². The Hall–Kier alpha value is -6.66. The Kier molecular flexibility index (Phi) is 17.9. The van der Waals surface area contributed by atoms with Gasteiger partial charge < -0.3 is 49.6 Å². The second-order valence-electron chi connectivity index (χ2n) is 17.3. The van der Waals surface area contributed by atoms with Gasteiger partial charge in [0, 0.05) is 92.6 Å². The third-order valence-corrected chi connectivity index (χ3v) is 12.9. The summed E-state index contributed by atoms with van der Waals surface area (Å²) in [6.07, 6.45) is 3.92. The maximum absolute atomic E-state index is 12.7. The summed E-state index contributed by atoms with van der Waals surface area (Å²) < 4.78 is 57.4. The number of aliphatic hydroxyl groups excluding tert-OH is 2. The van der Waals surface area contributed by atoms with Crippen molar-refractivity contribution in [2.75, 3.05) is 52.6 Å². The van der Waals surface area contributed by atoms with Crippen LogP contribution in [0.4, 0.5) is 13.2 Å². The summed E-state index contributed by atoms with van der Waals surface area (Å²) in [5.74, 6) is -1.43. The quantitative estimate of drug-likeness (QED) is 0.104. The smallest absolute Gasteiger partial charge is 0.387 e. The number of hydrogen-bond donors (Lipinski definition) is 4. The van der Waals surface area contributed by atoms with Crippen LogP contribution < -0.4 is 20.1 Å². The van der Waals surface area contributed by atoms with Crippen molar-refractivity contribution < 1.29 is 61.5 Å². The molecule has 70 heavy (non-hydrogen) atoms. The molecular formula is C50H58F3N7O10. The second kappa shape index (κ2) is 23.8. The Morgan fingerprint density at radius 1 is 0.786 bits per heavy atom. The molecule has 0 radical (unpaired) electrons. The van der Waals surface area contributed by atoms with Crippen molar-refractivity contribution in [3.05, 3.63) is 116 Å². The highest BCUT2D eigenvalue weighted by Gasteiger charge is 2.30. The average molecular weight is 974 g/mol. The highest BCUT2D eigenvalue weighted by atomic mass is 19.3. The number of nitriles is 1. The van der Waals surface area contributed by atoms with Gasteiger partial charge in [-0.25, -0.2) is 19.0 Å². The van der Waals surface area contributed by atoms with Gasteiger partial charge in [0.25, 0.3) is 11.8 Å². The number of piperidine rings is 2. The minimum Gasteiger partial charge on any atom is -0.489 e. The standard InChI is InChI=1S/C25H27FN4O5.C24H27F2N3O5.CH4/c1-15-18(2-3-19-20(15)14-35-25(19)33)22(31)13-30-7-4-17(5-8-30)29-24(32)21-10-23(34-9-6-26)16(11-27)12-28-21;1-13-10-27-19(9-21(13)34-24(25)26)22(31)28-15-5-7-29(8-6-15)11-20(30)16-3-4-17-18(14(16)2)12-33-23(17)32;/h2-3,10,12,17,22,31H,4-9,13-14H2,1H3,(H,29,32);3-4,9-10,15,20,24,30H,5-8,11-12H2,1-2H3,(H,28,31);1H4/t22-;20-;/m00./s1. The highest BCUT2D eigenvalue weighted by molar-refractivity contribution is 5.95. The number of nitrogens with one attached hydrogen (secondary N) is 2. The van der Waals surface area contributed by atoms with Gasteiger partial charge in [-0.05, 0) is 80.8 Å². The molecule has 4 aromatic rings. The van der Waals surface area contributed by atoms with Crippen LogP contribution in [0.3, 0.4) is 0 Å². The number of rotatable bonds is 15. The molecule has 2 fully saturated rings. The van der Waals surface area contributed by atoms with E-state index in [1.165, 1.54) is 24.5 Å². The van der Waals surface area contributed by atoms with E-state index in [0.717, 1.165) is 33.4 Å². The van der Waals surface area contributed by atoms with Crippen molar-refractivity contribution >= 4 is 23.8 Å². The highest BCUT2D eigenvalue weighted by Crippen LogP contribution is 2.32. The molecule has 0 spiro atoms. The van der Waals surface area contributed by atoms with Crippen LogP contribution in [0.5, 0.6) is 11.5 Å². The third kappa shape index (κ3) is 12.6. The topological polar surface area (TPSA) is 226 Å². The number of aliphatic hydroxyl groups is 2. The molecule has 6 heterocycles. The van der Waals surface area contributed by atoms with Gasteiger partial charge in [0.2, 0.25) is 0 Å². The van der Waals surface area contributed by atoms with Crippen LogP contribution in [0, 0.1) is 32.1 Å². The van der Waals surface area contributed by atoms with Crippen molar-refractivity contribution in [3.63, 3.8) is 0 Å². The molecule has 2 saturated heterocycles. The minimum absolute atomic E-state index is 0. The number of carbonyl (C=O) groups excluding carboxylic acids is 4. The molecule has 2 atom stereocenters. The number of esters is 2. The molecule has 0 aliphatic carbocycles. The molecule has 4 N–H and O–H groups in total. The average Bonchev–Trinajstić information content (AvgIpc) is 3.92. The van der Waals surface area contributed by atoms with Gasteiger partial charge in [-0.15, -0.1) is 0 Å². The van der Waals surface area contributed by atoms with E-state index >= 15 is 0 Å². The Morgan fingerprint density at radius 2 is 1.24 bits per heavy atom. The number of cyclic esters (lactones) is 2. The number of fused-ring (bicyclic) bond motifs is 2. The maximum atomic E-state index is 12.7. The van der Waals surface area contributed by atoms with Crippen LogP contribution in [0.15, 0.2) is 48.8 Å². The summed E-state index contributed by atoms with van der Waals surface area (Å²) in [6.45, 7) is 5.56. The molecule has 20 heteroatoms. The first kappa shape index (κ1) is 52.7. The zero-order valence-corrected chi connectivity index (χ0v) is 38.4. The number of aryl methyl sites for hydroxylation is 1. The van der Waals surface area contributed by atoms with Crippen molar-refractivity contribution in [2.45, 2.75) is 98.0 Å². The zero-order valence-electron chi connectivity index (χ0n) is 38.4. The number of alkyl halides is 3. The van der Waals surface area contributed by atoms with E-state index in [1.807, 2.05) is 19.9 Å². The van der Waals surface area contributed by atoms with Gasteiger partial charge in [-0.3, -0.25) is 14.6 Å². The monoisotopic (exact) mass is 973 g/mol. The first-order valence-electron chi connectivity index (χ1n) is 22.7. The van der Waals surface area contributed by atoms with E-state index in [2.05, 4.69) is 35.1 Å². The summed E-state index contributed by atoms with van der Waals surface area (Å²) in [5, 5.41) is 36.6. The van der Waals surface area contributed by atoms with Gasteiger partial charge in [0.15, 0.2) is 0 Å². The van der Waals surface area contributed by atoms with Gasteiger partial charge in [0.1, 0.15) is 61.0 Å². The lowest BCUT2D eigenvalue weighted by molar-refractivity contribution is -0.0504. The van der Waals surface area contributed by atoms with Gasteiger partial charge in [0.05, 0.1) is 23.3 Å². The van der Waals surface area contributed by atoms with Crippen LogP contribution in [0.2, 0.25) is 0 Å². The number of nitrogens with zero attached hydrogens (tertiary/aromatic N) is 5. The van der Waals surface area contributed by atoms with Crippen LogP contribution in [-0.4, -0.2) is 125 Å².